The zero-order valence-electron chi connectivity index (χ0n) is 14.9. The van der Waals surface area contributed by atoms with Gasteiger partial charge in [-0.3, -0.25) is 10.2 Å². The van der Waals surface area contributed by atoms with Gasteiger partial charge in [0, 0.05) is 25.0 Å². The van der Waals surface area contributed by atoms with E-state index < -0.39 is 11.6 Å². The summed E-state index contributed by atoms with van der Waals surface area (Å²) in [5, 5.41) is 10.2. The minimum Gasteiger partial charge on any atom is -0.507 e. The number of fused-ring (bicyclic) bond motifs is 1. The Hall–Kier alpha value is -2.51. The minimum absolute atomic E-state index is 0.00412. The fourth-order valence-corrected chi connectivity index (χ4v) is 4.03. The van der Waals surface area contributed by atoms with Crippen LogP contribution in [0.25, 0.3) is 0 Å². The van der Waals surface area contributed by atoms with Gasteiger partial charge in [0.1, 0.15) is 5.75 Å². The first-order valence-corrected chi connectivity index (χ1v) is 8.99. The average molecular weight is 373 g/mol. The largest absolute Gasteiger partial charge is 0.507 e. The maximum absolute atomic E-state index is 13.6. The summed E-state index contributed by atoms with van der Waals surface area (Å²) in [4.78, 5) is 14.6. The van der Waals surface area contributed by atoms with Crippen LogP contribution in [0.4, 0.5) is 8.78 Å². The third-order valence-corrected chi connectivity index (χ3v) is 5.57. The van der Waals surface area contributed by atoms with Crippen LogP contribution in [0.3, 0.4) is 0 Å². The summed E-state index contributed by atoms with van der Waals surface area (Å²) in [7, 11) is 0. The topological polar surface area (TPSA) is 64.6 Å². The van der Waals surface area contributed by atoms with E-state index >= 15 is 0 Å². The molecule has 0 aliphatic carbocycles. The van der Waals surface area contributed by atoms with Crippen molar-refractivity contribution in [3.8, 4) is 5.75 Å². The Kier molecular flexibility index (Phi) is 4.57. The monoisotopic (exact) mass is 373 g/mol. The van der Waals surface area contributed by atoms with Gasteiger partial charge in [0.15, 0.2) is 11.6 Å². The van der Waals surface area contributed by atoms with E-state index in [1.165, 1.54) is 6.07 Å². The number of amides is 1. The maximum Gasteiger partial charge on any atom is 0.257 e. The van der Waals surface area contributed by atoms with E-state index in [0.717, 1.165) is 12.5 Å². The summed E-state index contributed by atoms with van der Waals surface area (Å²) >= 11 is 0. The second-order valence-corrected chi connectivity index (χ2v) is 7.22. The second-order valence-electron chi connectivity index (χ2n) is 7.22. The molecule has 0 bridgehead atoms. The SMILES string of the molecule is Cc1cccc(C(=O)N2CCC3NNC(c4ccc(F)c(F)c4)C3C2)c1O. The number of hydrazine groups is 1. The quantitative estimate of drug-likeness (QED) is 0.757. The highest BCUT2D eigenvalue weighted by Crippen LogP contribution is 2.35. The van der Waals surface area contributed by atoms with Gasteiger partial charge in [0.25, 0.3) is 5.91 Å². The van der Waals surface area contributed by atoms with E-state index in [1.54, 1.807) is 36.1 Å². The number of phenolic OH excluding ortho intramolecular Hbond substituents is 1. The van der Waals surface area contributed by atoms with Crippen LogP contribution in [-0.2, 0) is 0 Å². The molecule has 2 fully saturated rings. The van der Waals surface area contributed by atoms with E-state index in [9.17, 15) is 18.7 Å². The summed E-state index contributed by atoms with van der Waals surface area (Å²) < 4.78 is 26.9. The first-order chi connectivity index (χ1) is 13.0. The number of hydrogen-bond donors (Lipinski definition) is 3. The van der Waals surface area contributed by atoms with Gasteiger partial charge in [-0.2, -0.15) is 0 Å². The van der Waals surface area contributed by atoms with Crippen molar-refractivity contribution in [1.29, 1.82) is 0 Å². The molecule has 0 saturated carbocycles. The molecule has 4 rings (SSSR count). The molecular formula is C20H21F2N3O2. The summed E-state index contributed by atoms with van der Waals surface area (Å²) in [6.45, 7) is 2.77. The molecule has 2 heterocycles. The number of piperidine rings is 1. The molecular weight excluding hydrogens is 352 g/mol. The molecule has 1 amide bonds. The Labute approximate surface area is 156 Å². The highest BCUT2D eigenvalue weighted by atomic mass is 19.2. The molecule has 2 aliphatic rings. The van der Waals surface area contributed by atoms with E-state index in [1.807, 2.05) is 0 Å². The molecule has 2 aromatic carbocycles. The van der Waals surface area contributed by atoms with Crippen LogP contribution in [-0.4, -0.2) is 35.0 Å². The average Bonchev–Trinajstić information content (AvgIpc) is 3.09. The van der Waals surface area contributed by atoms with Gasteiger partial charge in [-0.1, -0.05) is 18.2 Å². The first kappa shape index (κ1) is 17.9. The van der Waals surface area contributed by atoms with Crippen LogP contribution in [0.15, 0.2) is 36.4 Å². The van der Waals surface area contributed by atoms with Gasteiger partial charge in [-0.25, -0.2) is 14.2 Å². The second kappa shape index (κ2) is 6.90. The lowest BCUT2D eigenvalue weighted by Crippen LogP contribution is -2.47. The Morgan fingerprint density at radius 1 is 1.19 bits per heavy atom. The number of phenols is 1. The molecule has 3 atom stereocenters. The van der Waals surface area contributed by atoms with Crippen LogP contribution in [0.2, 0.25) is 0 Å². The lowest BCUT2D eigenvalue weighted by molar-refractivity contribution is 0.0649. The van der Waals surface area contributed by atoms with Crippen molar-refractivity contribution >= 4 is 5.91 Å². The normalized spacial score (nSPS) is 24.7. The van der Waals surface area contributed by atoms with Crippen molar-refractivity contribution in [2.24, 2.45) is 5.92 Å². The van der Waals surface area contributed by atoms with Crippen LogP contribution in [0.1, 0.15) is 33.9 Å². The number of carbonyl (C=O) groups excluding carboxylic acids is 1. The number of hydrogen-bond acceptors (Lipinski definition) is 4. The number of nitrogens with one attached hydrogen (secondary N) is 2. The molecule has 3 N–H and O–H groups in total. The number of rotatable bonds is 2. The van der Waals surface area contributed by atoms with Crippen molar-refractivity contribution in [3.63, 3.8) is 0 Å². The number of nitrogens with zero attached hydrogens (tertiary/aromatic N) is 1. The smallest absolute Gasteiger partial charge is 0.257 e. The van der Waals surface area contributed by atoms with Gasteiger partial charge in [-0.15, -0.1) is 0 Å². The van der Waals surface area contributed by atoms with Crippen molar-refractivity contribution in [3.05, 3.63) is 64.7 Å². The van der Waals surface area contributed by atoms with Gasteiger partial charge < -0.3 is 10.0 Å². The van der Waals surface area contributed by atoms with Crippen LogP contribution < -0.4 is 10.9 Å². The van der Waals surface area contributed by atoms with Gasteiger partial charge in [0.05, 0.1) is 11.6 Å². The molecule has 142 valence electrons. The first-order valence-electron chi connectivity index (χ1n) is 8.99. The summed E-state index contributed by atoms with van der Waals surface area (Å²) in [5.41, 5.74) is 7.94. The Morgan fingerprint density at radius 2 is 2.00 bits per heavy atom. The van der Waals surface area contributed by atoms with E-state index in [-0.39, 0.29) is 35.2 Å². The van der Waals surface area contributed by atoms with E-state index in [2.05, 4.69) is 10.9 Å². The molecule has 3 unspecified atom stereocenters. The third kappa shape index (κ3) is 3.17. The minimum atomic E-state index is -0.883. The number of para-hydroxylation sites is 1. The molecule has 5 nitrogen and oxygen atoms in total. The zero-order valence-corrected chi connectivity index (χ0v) is 14.9. The predicted octanol–water partition coefficient (Wildman–Crippen LogP) is 2.66. The lowest BCUT2D eigenvalue weighted by atomic mass is 9.85. The fraction of sp³-hybridized carbons (Fsp3) is 0.350. The van der Waals surface area contributed by atoms with Crippen molar-refractivity contribution in [1.82, 2.24) is 15.8 Å². The van der Waals surface area contributed by atoms with E-state index in [0.29, 0.717) is 24.2 Å². The van der Waals surface area contributed by atoms with Gasteiger partial charge >= 0.3 is 0 Å². The zero-order chi connectivity index (χ0) is 19.1. The summed E-state index contributed by atoms with van der Waals surface area (Å²) in [6.07, 6.45) is 0.732. The number of benzene rings is 2. The highest BCUT2D eigenvalue weighted by Gasteiger charge is 2.42. The molecule has 27 heavy (non-hydrogen) atoms. The molecule has 2 aliphatic heterocycles. The Bertz CT molecular complexity index is 890. The van der Waals surface area contributed by atoms with Gasteiger partial charge in [0.2, 0.25) is 0 Å². The van der Waals surface area contributed by atoms with Crippen LogP contribution in [0, 0.1) is 24.5 Å². The lowest BCUT2D eigenvalue weighted by Gasteiger charge is -2.36. The number of aromatic hydroxyl groups is 1. The van der Waals surface area contributed by atoms with Gasteiger partial charge in [-0.05, 0) is 42.7 Å². The number of likely N-dealkylation sites (tertiary alicyclic amines) is 1. The van der Waals surface area contributed by atoms with Crippen LogP contribution in [0.5, 0.6) is 5.75 Å². The molecule has 0 aromatic heterocycles. The predicted molar refractivity (Wildman–Crippen MR) is 96.0 cm³/mol. The number of aryl methyl sites for hydroxylation is 1. The Balaban J connectivity index is 1.57. The highest BCUT2D eigenvalue weighted by molar-refractivity contribution is 5.97. The standard InChI is InChI=1S/C20H21F2N3O2/c1-11-3-2-4-13(19(11)26)20(27)25-8-7-17-14(10-25)18(24-23-17)12-5-6-15(21)16(22)9-12/h2-6,9,14,17-18,23-24,26H,7-8,10H2,1H3. The Morgan fingerprint density at radius 3 is 2.78 bits per heavy atom. The van der Waals surface area contributed by atoms with Crippen molar-refractivity contribution in [2.45, 2.75) is 25.4 Å². The molecule has 7 heteroatoms. The third-order valence-electron chi connectivity index (χ3n) is 5.57. The maximum atomic E-state index is 13.6. The molecule has 0 spiro atoms. The summed E-state index contributed by atoms with van der Waals surface area (Å²) in [6, 6.07) is 8.91. The number of carbonyl (C=O) groups is 1. The van der Waals surface area contributed by atoms with E-state index in [4.69, 9.17) is 0 Å². The molecule has 2 saturated heterocycles. The number of halogens is 2. The fourth-order valence-electron chi connectivity index (χ4n) is 4.03. The van der Waals surface area contributed by atoms with Crippen molar-refractivity contribution in [2.75, 3.05) is 13.1 Å². The molecule has 2 aromatic rings. The van der Waals surface area contributed by atoms with Crippen molar-refractivity contribution < 1.29 is 18.7 Å². The molecule has 0 radical (unpaired) electrons. The van der Waals surface area contributed by atoms with Crippen LogP contribution >= 0.6 is 0 Å². The summed E-state index contributed by atoms with van der Waals surface area (Å²) in [5.74, 6) is -1.96.